The summed E-state index contributed by atoms with van der Waals surface area (Å²) in [6, 6.07) is 19.2. The summed E-state index contributed by atoms with van der Waals surface area (Å²) in [4.78, 5) is 14.5. The minimum absolute atomic E-state index is 0.0375. The van der Waals surface area contributed by atoms with Crippen molar-refractivity contribution in [2.45, 2.75) is 37.0 Å². The number of likely N-dealkylation sites (N-methyl/N-ethyl adjacent to an activating group) is 1. The van der Waals surface area contributed by atoms with Gasteiger partial charge >= 0.3 is 16.3 Å². The van der Waals surface area contributed by atoms with Crippen LogP contribution in [0.25, 0.3) is 22.5 Å². The summed E-state index contributed by atoms with van der Waals surface area (Å²) < 4.78 is 72.9. The normalized spacial score (nSPS) is 16.0. The number of benzene rings is 3. The third-order valence-corrected chi connectivity index (χ3v) is 8.19. The van der Waals surface area contributed by atoms with Crippen molar-refractivity contribution in [3.05, 3.63) is 90.0 Å². The summed E-state index contributed by atoms with van der Waals surface area (Å²) in [7, 11) is -2.64. The van der Waals surface area contributed by atoms with Crippen LogP contribution in [-0.4, -0.2) is 55.2 Å². The molecule has 220 valence electrons. The van der Waals surface area contributed by atoms with E-state index in [0.29, 0.717) is 23.0 Å². The SMILES string of the molecule is Cc1ccc(OS(=O)(=O)c2cccc(C(F)(F)F)c2)c(-c2cc(-c3ccccc3)n(CC(=O)N[C@@H]3CCN(C)C3)n2)c1. The third-order valence-electron chi connectivity index (χ3n) is 6.96. The predicted octanol–water partition coefficient (Wildman–Crippen LogP) is 5.13. The van der Waals surface area contributed by atoms with Crippen molar-refractivity contribution < 1.29 is 30.6 Å². The number of carbonyl (C=O) groups is 1. The molecule has 1 aliphatic rings. The van der Waals surface area contributed by atoms with Gasteiger partial charge in [0.15, 0.2) is 5.75 Å². The van der Waals surface area contributed by atoms with Crippen LogP contribution in [0.4, 0.5) is 13.2 Å². The number of carbonyl (C=O) groups excluding carboxylic acids is 1. The Bertz CT molecular complexity index is 1710. The number of nitrogens with zero attached hydrogens (tertiary/aromatic N) is 3. The lowest BCUT2D eigenvalue weighted by Gasteiger charge is -2.14. The second-order valence-corrected chi connectivity index (χ2v) is 11.9. The quantitative estimate of drug-likeness (QED) is 0.283. The second kappa shape index (κ2) is 11.6. The molecule has 1 aliphatic heterocycles. The molecular weight excluding hydrogens is 569 g/mol. The van der Waals surface area contributed by atoms with Gasteiger partial charge in [-0.1, -0.05) is 48.0 Å². The van der Waals surface area contributed by atoms with E-state index < -0.39 is 26.8 Å². The van der Waals surface area contributed by atoms with Gasteiger partial charge in [0.25, 0.3) is 0 Å². The number of rotatable bonds is 8. The van der Waals surface area contributed by atoms with E-state index in [4.69, 9.17) is 4.18 Å². The van der Waals surface area contributed by atoms with E-state index in [1.165, 1.54) is 6.07 Å². The number of likely N-dealkylation sites (tertiary alicyclic amines) is 1. The van der Waals surface area contributed by atoms with Crippen LogP contribution >= 0.6 is 0 Å². The molecule has 1 fully saturated rings. The molecule has 12 heteroatoms. The van der Waals surface area contributed by atoms with E-state index in [-0.39, 0.29) is 24.2 Å². The average molecular weight is 599 g/mol. The first-order valence-electron chi connectivity index (χ1n) is 13.2. The maximum atomic E-state index is 13.2. The number of halogens is 3. The first kappa shape index (κ1) is 29.3. The number of aryl methyl sites for hydroxylation is 1. The topological polar surface area (TPSA) is 93.5 Å². The summed E-state index contributed by atoms with van der Waals surface area (Å²) in [5.74, 6) is -0.323. The Balaban J connectivity index is 1.50. The Labute approximate surface area is 241 Å². The Morgan fingerprint density at radius 3 is 2.50 bits per heavy atom. The number of hydrogen-bond acceptors (Lipinski definition) is 6. The van der Waals surface area contributed by atoms with Crippen molar-refractivity contribution in [2.75, 3.05) is 20.1 Å². The lowest BCUT2D eigenvalue weighted by atomic mass is 10.1. The molecular formula is C30H29F3N4O4S. The summed E-state index contributed by atoms with van der Waals surface area (Å²) in [5, 5.41) is 7.70. The number of alkyl halides is 3. The molecule has 42 heavy (non-hydrogen) atoms. The first-order valence-corrected chi connectivity index (χ1v) is 14.6. The fraction of sp³-hybridized carbons (Fsp3) is 0.267. The lowest BCUT2D eigenvalue weighted by Crippen LogP contribution is -2.38. The first-order chi connectivity index (χ1) is 19.9. The van der Waals surface area contributed by atoms with Gasteiger partial charge in [-0.2, -0.15) is 26.7 Å². The van der Waals surface area contributed by atoms with Gasteiger partial charge in [-0.3, -0.25) is 9.48 Å². The summed E-state index contributed by atoms with van der Waals surface area (Å²) >= 11 is 0. The maximum absolute atomic E-state index is 13.2. The highest BCUT2D eigenvalue weighted by Gasteiger charge is 2.32. The molecule has 4 aromatic rings. The average Bonchev–Trinajstić information content (AvgIpc) is 3.55. The molecule has 1 aromatic heterocycles. The van der Waals surface area contributed by atoms with Crippen LogP contribution in [0.1, 0.15) is 17.5 Å². The Hall–Kier alpha value is -4.16. The zero-order valence-corrected chi connectivity index (χ0v) is 23.7. The van der Waals surface area contributed by atoms with Gasteiger partial charge < -0.3 is 14.4 Å². The van der Waals surface area contributed by atoms with Crippen LogP contribution in [0, 0.1) is 6.92 Å². The number of hydrogen-bond donors (Lipinski definition) is 1. The molecule has 1 saturated heterocycles. The molecule has 1 atom stereocenters. The van der Waals surface area contributed by atoms with Gasteiger partial charge in [0.05, 0.1) is 17.0 Å². The standard InChI is InChI=1S/C30H29F3N4O4S/c1-20-11-12-28(41-42(39,40)24-10-6-9-22(16-24)30(31,32)33)25(15-20)26-17-27(21-7-4-3-5-8-21)37(35-26)19-29(38)34-23-13-14-36(2)18-23/h3-12,15-17,23H,13-14,18-19H2,1-2H3,(H,34,38)/t23-/m1/s1. The molecule has 0 saturated carbocycles. The van der Waals surface area contributed by atoms with Crippen molar-refractivity contribution in [1.82, 2.24) is 20.0 Å². The Kier molecular flexibility index (Phi) is 8.11. The number of amides is 1. The van der Waals surface area contributed by atoms with E-state index in [0.717, 1.165) is 48.8 Å². The molecule has 0 aliphatic carbocycles. The van der Waals surface area contributed by atoms with E-state index in [2.05, 4.69) is 15.3 Å². The van der Waals surface area contributed by atoms with Gasteiger partial charge in [-0.25, -0.2) is 0 Å². The number of nitrogens with one attached hydrogen (secondary N) is 1. The number of aromatic nitrogens is 2. The molecule has 1 N–H and O–H groups in total. The minimum Gasteiger partial charge on any atom is -0.378 e. The van der Waals surface area contributed by atoms with E-state index >= 15 is 0 Å². The summed E-state index contributed by atoms with van der Waals surface area (Å²) in [6.45, 7) is 3.38. The maximum Gasteiger partial charge on any atom is 0.416 e. The molecule has 1 amide bonds. The zero-order chi connectivity index (χ0) is 30.1. The van der Waals surface area contributed by atoms with E-state index in [1.54, 1.807) is 29.8 Å². The van der Waals surface area contributed by atoms with Gasteiger partial charge in [-0.05, 0) is 68.9 Å². The van der Waals surface area contributed by atoms with Crippen LogP contribution in [0.15, 0.2) is 83.8 Å². The van der Waals surface area contributed by atoms with E-state index in [1.807, 2.05) is 37.4 Å². The Morgan fingerprint density at radius 2 is 1.81 bits per heavy atom. The van der Waals surface area contributed by atoms with Crippen LogP contribution in [0.2, 0.25) is 0 Å². The van der Waals surface area contributed by atoms with E-state index in [9.17, 15) is 26.4 Å². The highest BCUT2D eigenvalue weighted by molar-refractivity contribution is 7.87. The van der Waals surface area contributed by atoms with Crippen molar-refractivity contribution in [1.29, 1.82) is 0 Å². The third kappa shape index (κ3) is 6.66. The van der Waals surface area contributed by atoms with Crippen LogP contribution in [0.5, 0.6) is 5.75 Å². The minimum atomic E-state index is -4.72. The monoisotopic (exact) mass is 598 g/mol. The smallest absolute Gasteiger partial charge is 0.378 e. The Morgan fingerprint density at radius 1 is 1.05 bits per heavy atom. The fourth-order valence-corrected chi connectivity index (χ4v) is 5.88. The molecule has 0 unspecified atom stereocenters. The lowest BCUT2D eigenvalue weighted by molar-refractivity contribution is -0.137. The van der Waals surface area contributed by atoms with Crippen molar-refractivity contribution in [3.63, 3.8) is 0 Å². The molecule has 5 rings (SSSR count). The fourth-order valence-electron chi connectivity index (χ4n) is 4.88. The molecule has 0 bridgehead atoms. The van der Waals surface area contributed by atoms with Gasteiger partial charge in [-0.15, -0.1) is 0 Å². The largest absolute Gasteiger partial charge is 0.416 e. The van der Waals surface area contributed by atoms with Gasteiger partial charge in [0.1, 0.15) is 11.4 Å². The molecule has 0 radical (unpaired) electrons. The molecule has 2 heterocycles. The molecule has 0 spiro atoms. The van der Waals surface area contributed by atoms with Crippen molar-refractivity contribution >= 4 is 16.0 Å². The van der Waals surface area contributed by atoms with Gasteiger partial charge in [0.2, 0.25) is 5.91 Å². The van der Waals surface area contributed by atoms with Crippen LogP contribution in [0.3, 0.4) is 0 Å². The summed E-state index contributed by atoms with van der Waals surface area (Å²) in [6.07, 6.45) is -3.87. The van der Waals surface area contributed by atoms with Crippen LogP contribution in [-0.2, 0) is 27.6 Å². The highest BCUT2D eigenvalue weighted by atomic mass is 32.2. The van der Waals surface area contributed by atoms with Crippen molar-refractivity contribution in [3.8, 4) is 28.3 Å². The van der Waals surface area contributed by atoms with Gasteiger partial charge in [0, 0.05) is 18.2 Å². The molecule has 3 aromatic carbocycles. The van der Waals surface area contributed by atoms with Crippen molar-refractivity contribution in [2.24, 2.45) is 0 Å². The second-order valence-electron chi connectivity index (χ2n) is 10.3. The molecule has 8 nitrogen and oxygen atoms in total. The van der Waals surface area contributed by atoms with Crippen LogP contribution < -0.4 is 9.50 Å². The zero-order valence-electron chi connectivity index (χ0n) is 22.9. The summed E-state index contributed by atoms with van der Waals surface area (Å²) in [5.41, 5.74) is 1.71. The highest BCUT2D eigenvalue weighted by Crippen LogP contribution is 2.36. The predicted molar refractivity (Wildman–Crippen MR) is 151 cm³/mol.